The number of pyridine rings is 1. The Hall–Kier alpha value is -3.81. The van der Waals surface area contributed by atoms with Crippen molar-refractivity contribution in [1.29, 1.82) is 0 Å². The topological polar surface area (TPSA) is 129 Å². The summed E-state index contributed by atoms with van der Waals surface area (Å²) in [4.78, 5) is 37.4. The minimum Gasteiger partial charge on any atom is -0.506 e. The number of rotatable bonds is 6. The van der Waals surface area contributed by atoms with Crippen molar-refractivity contribution in [2.45, 2.75) is 20.5 Å². The van der Waals surface area contributed by atoms with Gasteiger partial charge in [-0.2, -0.15) is 0 Å². The van der Waals surface area contributed by atoms with Crippen LogP contribution in [-0.4, -0.2) is 33.6 Å². The van der Waals surface area contributed by atoms with E-state index in [2.05, 4.69) is 16.4 Å². The van der Waals surface area contributed by atoms with E-state index < -0.39 is 35.3 Å². The quantitative estimate of drug-likeness (QED) is 0.506. The first-order valence-electron chi connectivity index (χ1n) is 8.83. The summed E-state index contributed by atoms with van der Waals surface area (Å²) >= 11 is 0. The van der Waals surface area contributed by atoms with Crippen LogP contribution in [0.25, 0.3) is 10.9 Å². The first-order chi connectivity index (χ1) is 13.7. The lowest BCUT2D eigenvalue weighted by Crippen LogP contribution is -2.33. The molecule has 8 nitrogen and oxygen atoms in total. The molecule has 0 spiro atoms. The van der Waals surface area contributed by atoms with Gasteiger partial charge in [0.05, 0.1) is 5.52 Å². The molecule has 0 saturated carbocycles. The number of hydrogen-bond acceptors (Lipinski definition) is 5. The van der Waals surface area contributed by atoms with Crippen molar-refractivity contribution in [3.8, 4) is 11.5 Å². The van der Waals surface area contributed by atoms with Gasteiger partial charge in [0, 0.05) is 11.5 Å². The minimum atomic E-state index is -1.26. The van der Waals surface area contributed by atoms with E-state index in [1.54, 1.807) is 12.1 Å². The Morgan fingerprint density at radius 1 is 1.10 bits per heavy atom. The number of H-pyrrole nitrogens is 1. The van der Waals surface area contributed by atoms with Crippen LogP contribution in [0.1, 0.15) is 27.0 Å². The zero-order valence-corrected chi connectivity index (χ0v) is 15.9. The van der Waals surface area contributed by atoms with Crippen molar-refractivity contribution >= 4 is 22.8 Å². The molecule has 4 N–H and O–H groups in total. The molecule has 0 atom stereocenters. The number of fused-ring (bicyclic) bond motifs is 1. The largest absolute Gasteiger partial charge is 0.506 e. The number of carboxylic acid groups (broad SMARTS) is 1. The Balaban J connectivity index is 1.87. The number of aliphatic carboxylic acids is 1. The molecule has 2 aromatic carbocycles. The van der Waals surface area contributed by atoms with Crippen molar-refractivity contribution in [2.75, 3.05) is 6.54 Å². The van der Waals surface area contributed by atoms with Crippen LogP contribution < -0.4 is 15.6 Å². The summed E-state index contributed by atoms with van der Waals surface area (Å²) in [6, 6.07) is 10.8. The van der Waals surface area contributed by atoms with Crippen LogP contribution in [0.5, 0.6) is 11.5 Å². The van der Waals surface area contributed by atoms with Gasteiger partial charge in [-0.3, -0.25) is 14.4 Å². The lowest BCUT2D eigenvalue weighted by atomic mass is 10.1. The molecule has 150 valence electrons. The Morgan fingerprint density at radius 2 is 1.79 bits per heavy atom. The summed E-state index contributed by atoms with van der Waals surface area (Å²) < 4.78 is 5.78. The lowest BCUT2D eigenvalue weighted by Gasteiger charge is -2.11. The Morgan fingerprint density at radius 3 is 2.45 bits per heavy atom. The second-order valence-corrected chi connectivity index (χ2v) is 6.75. The molecule has 0 fully saturated rings. The number of aromatic amines is 1. The number of aromatic nitrogens is 1. The summed E-state index contributed by atoms with van der Waals surface area (Å²) in [6.45, 7) is 3.68. The highest BCUT2D eigenvalue weighted by Crippen LogP contribution is 2.28. The van der Waals surface area contributed by atoms with E-state index >= 15 is 0 Å². The molecule has 0 aliphatic carbocycles. The number of ether oxygens (including phenoxy) is 1. The van der Waals surface area contributed by atoms with E-state index in [0.717, 1.165) is 16.7 Å². The molecule has 0 bridgehead atoms. The van der Waals surface area contributed by atoms with Crippen LogP contribution >= 0.6 is 0 Å². The first kappa shape index (κ1) is 19.9. The van der Waals surface area contributed by atoms with Gasteiger partial charge < -0.3 is 25.3 Å². The number of amides is 1. The van der Waals surface area contributed by atoms with Gasteiger partial charge in [-0.05, 0) is 31.5 Å². The molecule has 1 aromatic heterocycles. The van der Waals surface area contributed by atoms with Crippen LogP contribution in [0.3, 0.4) is 0 Å². The third-order valence-electron chi connectivity index (χ3n) is 4.27. The molecule has 1 heterocycles. The second kappa shape index (κ2) is 8.05. The van der Waals surface area contributed by atoms with Gasteiger partial charge in [0.1, 0.15) is 30.2 Å². The van der Waals surface area contributed by atoms with E-state index in [-0.39, 0.29) is 5.39 Å². The number of hydrogen-bond donors (Lipinski definition) is 4. The Kier molecular flexibility index (Phi) is 5.54. The molecule has 0 aliphatic heterocycles. The Labute approximate surface area is 165 Å². The monoisotopic (exact) mass is 396 g/mol. The third-order valence-corrected chi connectivity index (χ3v) is 4.27. The lowest BCUT2D eigenvalue weighted by molar-refractivity contribution is -0.135. The summed E-state index contributed by atoms with van der Waals surface area (Å²) in [7, 11) is 0. The van der Waals surface area contributed by atoms with Crippen LogP contribution in [0.4, 0.5) is 0 Å². The molecule has 1 amide bonds. The van der Waals surface area contributed by atoms with E-state index in [0.29, 0.717) is 17.9 Å². The van der Waals surface area contributed by atoms with Crippen molar-refractivity contribution in [1.82, 2.24) is 10.3 Å². The summed E-state index contributed by atoms with van der Waals surface area (Å²) in [5.41, 5.74) is 2.19. The maximum absolute atomic E-state index is 12.2. The molecule has 3 rings (SSSR count). The van der Waals surface area contributed by atoms with Gasteiger partial charge in [0.2, 0.25) is 0 Å². The number of aryl methyl sites for hydroxylation is 2. The predicted molar refractivity (Wildman–Crippen MR) is 106 cm³/mol. The van der Waals surface area contributed by atoms with Crippen molar-refractivity contribution < 1.29 is 24.5 Å². The fourth-order valence-corrected chi connectivity index (χ4v) is 3.12. The maximum Gasteiger partial charge on any atom is 0.322 e. The number of nitrogens with one attached hydrogen (secondary N) is 2. The molecule has 0 saturated heterocycles. The normalized spacial score (nSPS) is 10.7. The van der Waals surface area contributed by atoms with Crippen molar-refractivity contribution in [3.05, 3.63) is 69.0 Å². The van der Waals surface area contributed by atoms with Crippen LogP contribution in [0.2, 0.25) is 0 Å². The summed E-state index contributed by atoms with van der Waals surface area (Å²) in [5, 5.41) is 21.3. The fourth-order valence-electron chi connectivity index (χ4n) is 3.12. The van der Waals surface area contributed by atoms with Crippen molar-refractivity contribution in [3.63, 3.8) is 0 Å². The molecule has 3 aromatic rings. The highest BCUT2D eigenvalue weighted by Gasteiger charge is 2.20. The van der Waals surface area contributed by atoms with E-state index in [9.17, 15) is 19.5 Å². The third kappa shape index (κ3) is 4.55. The number of carbonyl (C=O) groups excluding carboxylic acids is 1. The number of benzene rings is 2. The SMILES string of the molecule is Cc1cc(C)cc(COc2ccc3c(O)c(C(=O)NCC(=O)O)c(=O)[nH]c3c2)c1. The highest BCUT2D eigenvalue weighted by atomic mass is 16.5. The first-order valence-corrected chi connectivity index (χ1v) is 8.83. The molecule has 0 unspecified atom stereocenters. The van der Waals surface area contributed by atoms with Crippen LogP contribution in [0, 0.1) is 13.8 Å². The molecule has 29 heavy (non-hydrogen) atoms. The number of aromatic hydroxyl groups is 1. The predicted octanol–water partition coefficient (Wildman–Crippen LogP) is 2.24. The van der Waals surface area contributed by atoms with Crippen molar-refractivity contribution in [2.24, 2.45) is 0 Å². The molecule has 8 heteroatoms. The molecule has 0 aliphatic rings. The van der Waals surface area contributed by atoms with Gasteiger partial charge in [-0.15, -0.1) is 0 Å². The molecular formula is C21H20N2O6. The average Bonchev–Trinajstić information content (AvgIpc) is 2.63. The fraction of sp³-hybridized carbons (Fsp3) is 0.190. The minimum absolute atomic E-state index is 0.240. The average molecular weight is 396 g/mol. The zero-order chi connectivity index (χ0) is 21.1. The summed E-state index contributed by atoms with van der Waals surface area (Å²) in [6.07, 6.45) is 0. The molecular weight excluding hydrogens is 376 g/mol. The summed E-state index contributed by atoms with van der Waals surface area (Å²) in [5.74, 6) is -2.27. The van der Waals surface area contributed by atoms with Gasteiger partial charge in [-0.25, -0.2) is 0 Å². The molecule has 0 radical (unpaired) electrons. The van der Waals surface area contributed by atoms with Gasteiger partial charge in [0.25, 0.3) is 11.5 Å². The van der Waals surface area contributed by atoms with Gasteiger partial charge >= 0.3 is 5.97 Å². The van der Waals surface area contributed by atoms with Gasteiger partial charge in [0.15, 0.2) is 0 Å². The maximum atomic E-state index is 12.2. The number of carbonyl (C=O) groups is 2. The zero-order valence-electron chi connectivity index (χ0n) is 15.9. The van der Waals surface area contributed by atoms with Gasteiger partial charge in [-0.1, -0.05) is 29.3 Å². The van der Waals surface area contributed by atoms with Crippen LogP contribution in [0.15, 0.2) is 41.2 Å². The number of carboxylic acids is 1. The second-order valence-electron chi connectivity index (χ2n) is 6.75. The van der Waals surface area contributed by atoms with E-state index in [4.69, 9.17) is 9.84 Å². The highest BCUT2D eigenvalue weighted by molar-refractivity contribution is 6.03. The van der Waals surface area contributed by atoms with E-state index in [1.807, 2.05) is 26.0 Å². The van der Waals surface area contributed by atoms with Crippen LogP contribution in [-0.2, 0) is 11.4 Å². The Bertz CT molecular complexity index is 1150. The van der Waals surface area contributed by atoms with E-state index in [1.165, 1.54) is 6.07 Å². The standard InChI is InChI=1S/C21H20N2O6/c1-11-5-12(2)7-13(6-11)10-29-14-3-4-15-16(8-14)23-21(28)18(19(15)26)20(27)22-9-17(24)25/h3-8H,9-10H2,1-2H3,(H,22,27)(H,24,25)(H2,23,26,28). The smallest absolute Gasteiger partial charge is 0.322 e.